The third-order valence-electron chi connectivity index (χ3n) is 4.04. The molecule has 2 aliphatic heterocycles. The number of nitrogens with two attached hydrogens (primary N) is 1. The minimum absolute atomic E-state index is 0.206. The van der Waals surface area contributed by atoms with Gasteiger partial charge in [0, 0.05) is 18.3 Å². The molecule has 2 atom stereocenters. The highest BCUT2D eigenvalue weighted by atomic mass is 19.4. The Morgan fingerprint density at radius 3 is 2.78 bits per heavy atom. The highest BCUT2D eigenvalue weighted by Crippen LogP contribution is 2.45. The van der Waals surface area contributed by atoms with Crippen LogP contribution in [0, 0.1) is 5.92 Å². The van der Waals surface area contributed by atoms with Gasteiger partial charge in [0.05, 0.1) is 5.56 Å². The first-order valence-electron chi connectivity index (χ1n) is 6.16. The van der Waals surface area contributed by atoms with Crippen LogP contribution in [0.25, 0.3) is 0 Å². The second-order valence-electron chi connectivity index (χ2n) is 5.15. The Morgan fingerprint density at radius 2 is 2.11 bits per heavy atom. The zero-order valence-electron chi connectivity index (χ0n) is 9.87. The van der Waals surface area contributed by atoms with Crippen LogP contribution < -0.4 is 10.6 Å². The van der Waals surface area contributed by atoms with Gasteiger partial charge in [-0.1, -0.05) is 6.07 Å². The van der Waals surface area contributed by atoms with Crippen molar-refractivity contribution in [2.45, 2.75) is 25.1 Å². The fourth-order valence-corrected chi connectivity index (χ4v) is 3.23. The fourth-order valence-electron chi connectivity index (χ4n) is 3.23. The van der Waals surface area contributed by atoms with Crippen LogP contribution in [-0.4, -0.2) is 19.1 Å². The Kier molecular flexibility index (Phi) is 2.55. The SMILES string of the molecule is NCC1CC2Cc3c(cccc3C(F)(F)F)N2C1. The Labute approximate surface area is 104 Å². The van der Waals surface area contributed by atoms with Gasteiger partial charge in [-0.25, -0.2) is 0 Å². The predicted molar refractivity (Wildman–Crippen MR) is 63.4 cm³/mol. The van der Waals surface area contributed by atoms with Crippen LogP contribution in [0.4, 0.5) is 18.9 Å². The van der Waals surface area contributed by atoms with Gasteiger partial charge in [0.2, 0.25) is 0 Å². The lowest BCUT2D eigenvalue weighted by Crippen LogP contribution is -2.25. The van der Waals surface area contributed by atoms with Crippen molar-refractivity contribution in [1.82, 2.24) is 0 Å². The number of hydrogen-bond donors (Lipinski definition) is 1. The summed E-state index contributed by atoms with van der Waals surface area (Å²) in [5, 5.41) is 0. The van der Waals surface area contributed by atoms with Gasteiger partial charge in [-0.2, -0.15) is 13.2 Å². The molecule has 1 saturated heterocycles. The largest absolute Gasteiger partial charge is 0.416 e. The summed E-state index contributed by atoms with van der Waals surface area (Å²) in [6.07, 6.45) is -2.84. The van der Waals surface area contributed by atoms with Crippen molar-refractivity contribution in [3.8, 4) is 0 Å². The van der Waals surface area contributed by atoms with Crippen LogP contribution in [0.15, 0.2) is 18.2 Å². The Bertz CT molecular complexity index is 470. The lowest BCUT2D eigenvalue weighted by Gasteiger charge is -2.19. The van der Waals surface area contributed by atoms with E-state index in [1.165, 1.54) is 12.1 Å². The van der Waals surface area contributed by atoms with E-state index >= 15 is 0 Å². The summed E-state index contributed by atoms with van der Waals surface area (Å²) >= 11 is 0. The molecule has 0 aliphatic carbocycles. The predicted octanol–water partition coefficient (Wildman–Crippen LogP) is 2.42. The number of fused-ring (bicyclic) bond motifs is 3. The molecule has 0 spiro atoms. The molecule has 5 heteroatoms. The fraction of sp³-hybridized carbons (Fsp3) is 0.538. The first-order chi connectivity index (χ1) is 8.50. The van der Waals surface area contributed by atoms with Crippen molar-refractivity contribution in [1.29, 1.82) is 0 Å². The third-order valence-corrected chi connectivity index (χ3v) is 4.04. The van der Waals surface area contributed by atoms with Gasteiger partial charge in [0.25, 0.3) is 0 Å². The van der Waals surface area contributed by atoms with Crippen LogP contribution in [0.1, 0.15) is 17.5 Å². The van der Waals surface area contributed by atoms with E-state index in [9.17, 15) is 13.2 Å². The number of alkyl halides is 3. The standard InChI is InChI=1S/C13H15F3N2/c14-13(15,16)11-2-1-3-12-10(11)5-9-4-8(6-17)7-18(9)12/h1-3,8-9H,4-7,17H2. The molecule has 98 valence electrons. The van der Waals surface area contributed by atoms with E-state index in [0.29, 0.717) is 24.4 Å². The number of benzene rings is 1. The van der Waals surface area contributed by atoms with Crippen LogP contribution in [0.2, 0.25) is 0 Å². The van der Waals surface area contributed by atoms with Crippen molar-refractivity contribution in [3.05, 3.63) is 29.3 Å². The molecule has 0 bridgehead atoms. The van der Waals surface area contributed by atoms with E-state index in [-0.39, 0.29) is 6.04 Å². The molecule has 0 aromatic heterocycles. The van der Waals surface area contributed by atoms with Crippen molar-refractivity contribution in [2.24, 2.45) is 11.7 Å². The van der Waals surface area contributed by atoms with Gasteiger partial charge >= 0.3 is 6.18 Å². The highest BCUT2D eigenvalue weighted by molar-refractivity contribution is 5.63. The first-order valence-corrected chi connectivity index (χ1v) is 6.16. The minimum atomic E-state index is -4.25. The normalized spacial score (nSPS) is 26.3. The molecule has 0 radical (unpaired) electrons. The van der Waals surface area contributed by atoms with Crippen molar-refractivity contribution < 1.29 is 13.2 Å². The molecule has 2 nitrogen and oxygen atoms in total. The van der Waals surface area contributed by atoms with E-state index in [1.54, 1.807) is 6.07 Å². The Morgan fingerprint density at radius 1 is 1.33 bits per heavy atom. The molecule has 18 heavy (non-hydrogen) atoms. The molecule has 2 heterocycles. The van der Waals surface area contributed by atoms with Gasteiger partial charge < -0.3 is 10.6 Å². The molecule has 2 aliphatic rings. The number of anilines is 1. The second-order valence-corrected chi connectivity index (χ2v) is 5.15. The molecule has 1 aromatic rings. The maximum Gasteiger partial charge on any atom is 0.416 e. The summed E-state index contributed by atoms with van der Waals surface area (Å²) in [6, 6.07) is 4.68. The molecule has 1 aromatic carbocycles. The summed E-state index contributed by atoms with van der Waals surface area (Å²) in [7, 11) is 0. The molecule has 1 fully saturated rings. The van der Waals surface area contributed by atoms with Gasteiger partial charge in [-0.15, -0.1) is 0 Å². The Balaban J connectivity index is 1.99. The lowest BCUT2D eigenvalue weighted by molar-refractivity contribution is -0.138. The molecule has 2 unspecified atom stereocenters. The first kappa shape index (κ1) is 11.8. The van der Waals surface area contributed by atoms with E-state index < -0.39 is 11.7 Å². The molecule has 2 N–H and O–H groups in total. The molecule has 0 amide bonds. The maximum absolute atomic E-state index is 12.9. The average molecular weight is 256 g/mol. The van der Waals surface area contributed by atoms with Gasteiger partial charge in [-0.05, 0) is 43.0 Å². The summed E-state index contributed by atoms with van der Waals surface area (Å²) in [4.78, 5) is 2.10. The van der Waals surface area contributed by atoms with Crippen LogP contribution in [0.5, 0.6) is 0 Å². The van der Waals surface area contributed by atoms with E-state index in [1.807, 2.05) is 0 Å². The topological polar surface area (TPSA) is 29.3 Å². The molecule has 3 rings (SSSR count). The quantitative estimate of drug-likeness (QED) is 0.836. The van der Waals surface area contributed by atoms with Crippen LogP contribution in [-0.2, 0) is 12.6 Å². The lowest BCUT2D eigenvalue weighted by atomic mass is 9.98. The van der Waals surface area contributed by atoms with Crippen molar-refractivity contribution in [3.63, 3.8) is 0 Å². The summed E-state index contributed by atoms with van der Waals surface area (Å²) in [5.74, 6) is 0.415. The highest BCUT2D eigenvalue weighted by Gasteiger charge is 2.42. The number of rotatable bonds is 1. The summed E-state index contributed by atoms with van der Waals surface area (Å²) in [6.45, 7) is 1.40. The van der Waals surface area contributed by atoms with E-state index in [2.05, 4.69) is 4.90 Å². The van der Waals surface area contributed by atoms with E-state index in [0.717, 1.165) is 18.7 Å². The molecular formula is C13H15F3N2. The van der Waals surface area contributed by atoms with Gasteiger partial charge in [0.1, 0.15) is 0 Å². The van der Waals surface area contributed by atoms with E-state index in [4.69, 9.17) is 5.73 Å². The van der Waals surface area contributed by atoms with Crippen molar-refractivity contribution >= 4 is 5.69 Å². The summed E-state index contributed by atoms with van der Waals surface area (Å²) < 4.78 is 38.8. The average Bonchev–Trinajstić information content (AvgIpc) is 2.83. The van der Waals surface area contributed by atoms with Gasteiger partial charge in [0.15, 0.2) is 0 Å². The van der Waals surface area contributed by atoms with Crippen molar-refractivity contribution in [2.75, 3.05) is 18.0 Å². The zero-order chi connectivity index (χ0) is 12.9. The van der Waals surface area contributed by atoms with Crippen LogP contribution >= 0.6 is 0 Å². The van der Waals surface area contributed by atoms with Gasteiger partial charge in [-0.3, -0.25) is 0 Å². The minimum Gasteiger partial charge on any atom is -0.368 e. The third kappa shape index (κ3) is 1.68. The zero-order valence-corrected chi connectivity index (χ0v) is 9.87. The monoisotopic (exact) mass is 256 g/mol. The molecule has 0 saturated carbocycles. The smallest absolute Gasteiger partial charge is 0.368 e. The maximum atomic E-state index is 12.9. The number of hydrogen-bond acceptors (Lipinski definition) is 2. The molecular weight excluding hydrogens is 241 g/mol. The summed E-state index contributed by atoms with van der Waals surface area (Å²) in [5.41, 5.74) is 6.39. The second kappa shape index (κ2) is 3.88. The number of halogens is 3. The number of nitrogens with zero attached hydrogens (tertiary/aromatic N) is 1. The van der Waals surface area contributed by atoms with Crippen LogP contribution in [0.3, 0.4) is 0 Å². The Hall–Kier alpha value is -1.23.